The summed E-state index contributed by atoms with van der Waals surface area (Å²) in [5, 5.41) is 9.34. The summed E-state index contributed by atoms with van der Waals surface area (Å²) in [4.78, 5) is 23.6. The van der Waals surface area contributed by atoms with Crippen molar-refractivity contribution in [1.82, 2.24) is 0 Å². The van der Waals surface area contributed by atoms with Crippen LogP contribution in [0.4, 0.5) is 0 Å². The van der Waals surface area contributed by atoms with Gasteiger partial charge in [-0.25, -0.2) is 9.59 Å². The molecular formula is C16H18O5. The van der Waals surface area contributed by atoms with E-state index in [-0.39, 0.29) is 24.4 Å². The number of carbonyl (C=O) groups is 2. The maximum absolute atomic E-state index is 11.9. The molecule has 0 spiro atoms. The molecule has 1 aromatic rings. The molecule has 21 heavy (non-hydrogen) atoms. The first kappa shape index (κ1) is 16.5. The minimum atomic E-state index is -0.709. The lowest BCUT2D eigenvalue weighted by atomic mass is 9.98. The number of aliphatic hydroxyl groups is 1. The van der Waals surface area contributed by atoms with E-state index in [1.165, 1.54) is 0 Å². The molecule has 0 saturated carbocycles. The van der Waals surface area contributed by atoms with E-state index in [2.05, 4.69) is 0 Å². The fourth-order valence-electron chi connectivity index (χ4n) is 1.68. The van der Waals surface area contributed by atoms with Crippen molar-refractivity contribution in [3.8, 4) is 0 Å². The second-order valence-electron chi connectivity index (χ2n) is 3.94. The van der Waals surface area contributed by atoms with Gasteiger partial charge in [0.15, 0.2) is 0 Å². The highest BCUT2D eigenvalue weighted by atomic mass is 16.5. The molecule has 0 aromatic heterocycles. The molecule has 112 valence electrons. The highest BCUT2D eigenvalue weighted by Crippen LogP contribution is 2.24. The zero-order chi connectivity index (χ0) is 15.7. The lowest BCUT2D eigenvalue weighted by molar-refractivity contribution is -0.138. The molecule has 0 heterocycles. The van der Waals surface area contributed by atoms with Crippen LogP contribution in [0.25, 0.3) is 5.57 Å². The van der Waals surface area contributed by atoms with Gasteiger partial charge in [-0.15, -0.1) is 0 Å². The molecule has 0 bridgehead atoms. The Balaban J connectivity index is 3.25. The van der Waals surface area contributed by atoms with E-state index < -0.39 is 11.9 Å². The van der Waals surface area contributed by atoms with Crippen molar-refractivity contribution < 1.29 is 24.2 Å². The van der Waals surface area contributed by atoms with E-state index in [0.717, 1.165) is 6.08 Å². The monoisotopic (exact) mass is 290 g/mol. The lowest BCUT2D eigenvalue weighted by Crippen LogP contribution is -2.11. The number of benzene rings is 1. The molecule has 0 fully saturated rings. The Morgan fingerprint density at radius 3 is 2.24 bits per heavy atom. The molecule has 1 aromatic carbocycles. The first-order valence-corrected chi connectivity index (χ1v) is 6.59. The van der Waals surface area contributed by atoms with Crippen LogP contribution in [-0.4, -0.2) is 30.3 Å². The maximum Gasteiger partial charge on any atom is 0.341 e. The average Bonchev–Trinajstić information content (AvgIpc) is 2.48. The number of carbonyl (C=O) groups excluding carboxylic acids is 2. The second kappa shape index (κ2) is 8.58. The van der Waals surface area contributed by atoms with Gasteiger partial charge >= 0.3 is 11.9 Å². The average molecular weight is 290 g/mol. The van der Waals surface area contributed by atoms with E-state index in [9.17, 15) is 14.7 Å². The highest BCUT2D eigenvalue weighted by molar-refractivity contribution is 6.10. The Labute approximate surface area is 123 Å². The lowest BCUT2D eigenvalue weighted by Gasteiger charge is -2.10. The van der Waals surface area contributed by atoms with E-state index in [0.29, 0.717) is 11.8 Å². The summed E-state index contributed by atoms with van der Waals surface area (Å²) in [6.45, 7) is 3.72. The number of rotatable bonds is 6. The maximum atomic E-state index is 11.9. The zero-order valence-electron chi connectivity index (χ0n) is 12.0. The molecule has 5 heteroatoms. The Bertz CT molecular complexity index is 543. The van der Waals surface area contributed by atoms with Gasteiger partial charge in [-0.2, -0.15) is 0 Å². The third-order valence-corrected chi connectivity index (χ3v) is 2.55. The molecule has 0 aliphatic rings. The molecule has 0 aliphatic carbocycles. The normalized spacial score (nSPS) is 11.9. The van der Waals surface area contributed by atoms with Crippen molar-refractivity contribution in [2.45, 2.75) is 13.8 Å². The van der Waals surface area contributed by atoms with Crippen molar-refractivity contribution in [2.24, 2.45) is 0 Å². The van der Waals surface area contributed by atoms with Gasteiger partial charge in [0.25, 0.3) is 0 Å². The summed E-state index contributed by atoms with van der Waals surface area (Å²) in [5.74, 6) is -1.31. The summed E-state index contributed by atoms with van der Waals surface area (Å²) in [7, 11) is 0. The van der Waals surface area contributed by atoms with E-state index >= 15 is 0 Å². The Morgan fingerprint density at radius 1 is 1.10 bits per heavy atom. The van der Waals surface area contributed by atoms with Crippen LogP contribution in [0.15, 0.2) is 48.2 Å². The SMILES string of the molecule is CCOC(=O)/C=C(/C(=C/O)C(=O)OCC)c1ccccc1. The van der Waals surface area contributed by atoms with Crippen molar-refractivity contribution in [3.05, 3.63) is 53.8 Å². The predicted octanol–water partition coefficient (Wildman–Crippen LogP) is 2.64. The minimum Gasteiger partial charge on any atom is -0.515 e. The Kier molecular flexibility index (Phi) is 6.74. The van der Waals surface area contributed by atoms with Gasteiger partial charge in [-0.05, 0) is 19.4 Å². The van der Waals surface area contributed by atoms with E-state index in [1.54, 1.807) is 44.2 Å². The van der Waals surface area contributed by atoms with Gasteiger partial charge < -0.3 is 14.6 Å². The quantitative estimate of drug-likeness (QED) is 0.377. The van der Waals surface area contributed by atoms with Crippen LogP contribution in [0, 0.1) is 0 Å². The summed E-state index contributed by atoms with van der Waals surface area (Å²) in [6, 6.07) is 8.75. The molecule has 0 amide bonds. The fraction of sp³-hybridized carbons (Fsp3) is 0.250. The molecule has 1 N–H and O–H groups in total. The van der Waals surface area contributed by atoms with Crippen LogP contribution in [0.2, 0.25) is 0 Å². The van der Waals surface area contributed by atoms with Gasteiger partial charge in [0, 0.05) is 11.6 Å². The van der Waals surface area contributed by atoms with Crippen molar-refractivity contribution in [3.63, 3.8) is 0 Å². The van der Waals surface area contributed by atoms with E-state index in [1.807, 2.05) is 0 Å². The molecule has 0 saturated heterocycles. The largest absolute Gasteiger partial charge is 0.515 e. The van der Waals surface area contributed by atoms with Crippen molar-refractivity contribution >= 4 is 17.5 Å². The van der Waals surface area contributed by atoms with Crippen LogP contribution in [-0.2, 0) is 19.1 Å². The summed E-state index contributed by atoms with van der Waals surface area (Å²) >= 11 is 0. The number of ether oxygens (including phenoxy) is 2. The summed E-state index contributed by atoms with van der Waals surface area (Å²) in [5.41, 5.74) is 0.741. The number of hydrogen-bond donors (Lipinski definition) is 1. The Hall–Kier alpha value is -2.56. The molecule has 0 aliphatic heterocycles. The van der Waals surface area contributed by atoms with Gasteiger partial charge in [-0.1, -0.05) is 30.3 Å². The standard InChI is InChI=1S/C16H18O5/c1-3-20-15(18)10-13(12-8-6-5-7-9-12)14(11-17)16(19)21-4-2/h5-11,17H,3-4H2,1-2H3/b13-10+,14-11-. The molecule has 0 radical (unpaired) electrons. The van der Waals surface area contributed by atoms with Crippen molar-refractivity contribution in [2.75, 3.05) is 13.2 Å². The molecular weight excluding hydrogens is 272 g/mol. The summed E-state index contributed by atoms with van der Waals surface area (Å²) < 4.78 is 9.73. The second-order valence-corrected chi connectivity index (χ2v) is 3.94. The van der Waals surface area contributed by atoms with Crippen LogP contribution >= 0.6 is 0 Å². The smallest absolute Gasteiger partial charge is 0.341 e. The number of hydrogen-bond acceptors (Lipinski definition) is 5. The van der Waals surface area contributed by atoms with Gasteiger partial charge in [-0.3, -0.25) is 0 Å². The fourth-order valence-corrected chi connectivity index (χ4v) is 1.68. The van der Waals surface area contributed by atoms with Crippen LogP contribution in [0.5, 0.6) is 0 Å². The van der Waals surface area contributed by atoms with Gasteiger partial charge in [0.05, 0.1) is 19.5 Å². The van der Waals surface area contributed by atoms with Crippen LogP contribution < -0.4 is 0 Å². The van der Waals surface area contributed by atoms with Crippen molar-refractivity contribution in [1.29, 1.82) is 0 Å². The van der Waals surface area contributed by atoms with Crippen LogP contribution in [0.3, 0.4) is 0 Å². The third-order valence-electron chi connectivity index (χ3n) is 2.55. The predicted molar refractivity (Wildman–Crippen MR) is 78.4 cm³/mol. The molecule has 5 nitrogen and oxygen atoms in total. The zero-order valence-corrected chi connectivity index (χ0v) is 12.0. The molecule has 0 atom stereocenters. The first-order chi connectivity index (χ1) is 10.1. The van der Waals surface area contributed by atoms with Crippen LogP contribution in [0.1, 0.15) is 19.4 Å². The highest BCUT2D eigenvalue weighted by Gasteiger charge is 2.19. The van der Waals surface area contributed by atoms with Gasteiger partial charge in [0.1, 0.15) is 5.57 Å². The first-order valence-electron chi connectivity index (χ1n) is 6.59. The molecule has 1 rings (SSSR count). The summed E-state index contributed by atoms with van der Waals surface area (Å²) in [6.07, 6.45) is 1.80. The topological polar surface area (TPSA) is 72.8 Å². The van der Waals surface area contributed by atoms with E-state index in [4.69, 9.17) is 9.47 Å². The Morgan fingerprint density at radius 2 is 1.71 bits per heavy atom. The number of aliphatic hydroxyl groups excluding tert-OH is 1. The molecule has 0 unspecified atom stereocenters. The number of esters is 2. The third kappa shape index (κ3) is 4.80. The van der Waals surface area contributed by atoms with Gasteiger partial charge in [0.2, 0.25) is 0 Å². The minimum absolute atomic E-state index is 0.101.